The third-order valence-corrected chi connectivity index (χ3v) is 6.45. The van der Waals surface area contributed by atoms with Gasteiger partial charge in [0, 0.05) is 12.8 Å². The van der Waals surface area contributed by atoms with Gasteiger partial charge in [-0.2, -0.15) is 0 Å². The molecule has 3 fully saturated rings. The van der Waals surface area contributed by atoms with Crippen LogP contribution >= 0.6 is 0 Å². The molecule has 0 saturated heterocycles. The highest BCUT2D eigenvalue weighted by Crippen LogP contribution is 2.70. The summed E-state index contributed by atoms with van der Waals surface area (Å²) in [6.45, 7) is 12.6. The molecule has 0 amide bonds. The second kappa shape index (κ2) is 3.86. The van der Waals surface area contributed by atoms with Crippen molar-refractivity contribution in [2.45, 2.75) is 59.0 Å². The van der Waals surface area contributed by atoms with Crippen LogP contribution in [0.25, 0.3) is 0 Å². The topological polar surface area (TPSA) is 26.3 Å². The first-order valence-corrected chi connectivity index (χ1v) is 7.65. The van der Waals surface area contributed by atoms with Gasteiger partial charge >= 0.3 is 5.97 Å². The summed E-state index contributed by atoms with van der Waals surface area (Å²) in [6.07, 6.45) is 5.12. The zero-order chi connectivity index (χ0) is 14.0. The molecule has 0 aliphatic heterocycles. The van der Waals surface area contributed by atoms with E-state index in [-0.39, 0.29) is 11.6 Å². The predicted octanol–water partition coefficient (Wildman–Crippen LogP) is 3.96. The summed E-state index contributed by atoms with van der Waals surface area (Å²) < 4.78 is 5.64. The molecule has 4 bridgehead atoms. The van der Waals surface area contributed by atoms with Crippen molar-refractivity contribution < 1.29 is 9.53 Å². The first-order valence-electron chi connectivity index (χ1n) is 7.65. The third-order valence-electron chi connectivity index (χ3n) is 6.45. The van der Waals surface area contributed by atoms with Crippen LogP contribution in [0.4, 0.5) is 0 Å². The van der Waals surface area contributed by atoms with Gasteiger partial charge in [-0.25, -0.2) is 0 Å². The van der Waals surface area contributed by atoms with Gasteiger partial charge < -0.3 is 4.74 Å². The van der Waals surface area contributed by atoms with Crippen LogP contribution in [0.2, 0.25) is 0 Å². The molecule has 0 N–H and O–H groups in total. The lowest BCUT2D eigenvalue weighted by molar-refractivity contribution is -0.164. The Morgan fingerprint density at radius 1 is 1.37 bits per heavy atom. The van der Waals surface area contributed by atoms with Gasteiger partial charge in [-0.15, -0.1) is 0 Å². The molecule has 3 aliphatic carbocycles. The van der Waals surface area contributed by atoms with E-state index in [1.807, 2.05) is 0 Å². The molecule has 0 aromatic heterocycles. The Morgan fingerprint density at radius 2 is 2.05 bits per heavy atom. The van der Waals surface area contributed by atoms with Crippen molar-refractivity contribution in [2.75, 3.05) is 0 Å². The molecule has 0 radical (unpaired) electrons. The van der Waals surface area contributed by atoms with Crippen LogP contribution in [0.3, 0.4) is 0 Å². The molecule has 3 rings (SSSR count). The number of esters is 1. The average molecular weight is 262 g/mol. The van der Waals surface area contributed by atoms with Gasteiger partial charge in [-0.3, -0.25) is 4.79 Å². The first kappa shape index (κ1) is 13.2. The maximum absolute atomic E-state index is 11.4. The summed E-state index contributed by atoms with van der Waals surface area (Å²) in [5, 5.41) is 0. The van der Waals surface area contributed by atoms with Crippen LogP contribution in [0.5, 0.6) is 0 Å². The maximum Gasteiger partial charge on any atom is 0.303 e. The van der Waals surface area contributed by atoms with Crippen molar-refractivity contribution in [3.05, 3.63) is 12.2 Å². The van der Waals surface area contributed by atoms with E-state index in [0.717, 1.165) is 11.8 Å². The molecule has 0 aromatic carbocycles. The molecular weight excluding hydrogens is 236 g/mol. The summed E-state index contributed by atoms with van der Waals surface area (Å²) in [5.74, 6) is 2.37. The van der Waals surface area contributed by atoms with Crippen molar-refractivity contribution >= 4 is 5.97 Å². The van der Waals surface area contributed by atoms with Gasteiger partial charge in [0.05, 0.1) is 0 Å². The van der Waals surface area contributed by atoms with E-state index in [2.05, 4.69) is 27.4 Å². The van der Waals surface area contributed by atoms with E-state index in [1.165, 1.54) is 38.2 Å². The Labute approximate surface area is 116 Å². The maximum atomic E-state index is 11.4. The highest BCUT2D eigenvalue weighted by atomic mass is 16.6. The molecule has 0 heterocycles. The fraction of sp³-hybridized carbons (Fsp3) is 0.824. The molecule has 106 valence electrons. The lowest BCUT2D eigenvalue weighted by atomic mass is 9.61. The number of ether oxygens (including phenoxy) is 1. The lowest BCUT2D eigenvalue weighted by Gasteiger charge is -2.46. The van der Waals surface area contributed by atoms with Crippen LogP contribution in [0.15, 0.2) is 12.2 Å². The van der Waals surface area contributed by atoms with Gasteiger partial charge in [0.1, 0.15) is 5.60 Å². The van der Waals surface area contributed by atoms with Crippen molar-refractivity contribution in [2.24, 2.45) is 29.1 Å². The Morgan fingerprint density at radius 3 is 2.68 bits per heavy atom. The Hall–Kier alpha value is -0.790. The van der Waals surface area contributed by atoms with E-state index >= 15 is 0 Å². The predicted molar refractivity (Wildman–Crippen MR) is 75.5 cm³/mol. The van der Waals surface area contributed by atoms with Crippen LogP contribution in [0.1, 0.15) is 53.4 Å². The molecule has 3 saturated carbocycles. The summed E-state index contributed by atoms with van der Waals surface area (Å²) in [4.78, 5) is 11.4. The monoisotopic (exact) mass is 262 g/mol. The van der Waals surface area contributed by atoms with E-state index in [1.54, 1.807) is 0 Å². The molecule has 3 aliphatic rings. The Bertz CT molecular complexity index is 437. The fourth-order valence-corrected chi connectivity index (χ4v) is 5.72. The van der Waals surface area contributed by atoms with E-state index in [4.69, 9.17) is 4.74 Å². The zero-order valence-corrected chi connectivity index (χ0v) is 12.7. The summed E-state index contributed by atoms with van der Waals surface area (Å²) in [5.41, 5.74) is 1.59. The van der Waals surface area contributed by atoms with Gasteiger partial charge in [-0.1, -0.05) is 19.1 Å². The van der Waals surface area contributed by atoms with E-state index in [9.17, 15) is 4.79 Å². The van der Waals surface area contributed by atoms with Gasteiger partial charge in [0.2, 0.25) is 0 Å². The van der Waals surface area contributed by atoms with E-state index < -0.39 is 0 Å². The first-order chi connectivity index (χ1) is 8.77. The zero-order valence-electron chi connectivity index (χ0n) is 12.7. The van der Waals surface area contributed by atoms with Crippen LogP contribution < -0.4 is 0 Å². The van der Waals surface area contributed by atoms with Crippen LogP contribution in [-0.2, 0) is 9.53 Å². The number of carbonyl (C=O) groups is 1. The second-order valence-corrected chi connectivity index (χ2v) is 7.69. The highest BCUT2D eigenvalue weighted by molar-refractivity contribution is 5.66. The van der Waals surface area contributed by atoms with Crippen molar-refractivity contribution in [1.82, 2.24) is 0 Å². The lowest BCUT2D eigenvalue weighted by Crippen LogP contribution is -2.45. The highest BCUT2D eigenvalue weighted by Gasteiger charge is 2.64. The fourth-order valence-electron chi connectivity index (χ4n) is 5.72. The number of hydrogen-bond acceptors (Lipinski definition) is 2. The normalized spacial score (nSPS) is 44.5. The number of carbonyl (C=O) groups excluding carboxylic acids is 1. The molecule has 2 heteroatoms. The third kappa shape index (κ3) is 1.64. The smallest absolute Gasteiger partial charge is 0.303 e. The molecule has 5 atom stereocenters. The standard InChI is InChI=1S/C17H26O2/c1-10-12-6-7-14-15(10)13(8-9-17(12,14)5)16(3,4)19-11(2)18/h12-15H,1,6-9H2,2-5H3/t12-,13-,14+,15+,17+/m0/s1. The molecule has 19 heavy (non-hydrogen) atoms. The average Bonchev–Trinajstić information content (AvgIpc) is 2.66. The molecule has 2 nitrogen and oxygen atoms in total. The minimum Gasteiger partial charge on any atom is -0.460 e. The van der Waals surface area contributed by atoms with Gasteiger partial charge in [0.25, 0.3) is 0 Å². The number of allylic oxidation sites excluding steroid dienone is 1. The van der Waals surface area contributed by atoms with Crippen molar-refractivity contribution in [3.63, 3.8) is 0 Å². The summed E-state index contributed by atoms with van der Waals surface area (Å²) in [7, 11) is 0. The second-order valence-electron chi connectivity index (χ2n) is 7.69. The number of hydrogen-bond donors (Lipinski definition) is 0. The van der Waals surface area contributed by atoms with Gasteiger partial charge in [0.15, 0.2) is 0 Å². The van der Waals surface area contributed by atoms with Crippen molar-refractivity contribution in [1.29, 1.82) is 0 Å². The van der Waals surface area contributed by atoms with Crippen molar-refractivity contribution in [3.8, 4) is 0 Å². The van der Waals surface area contributed by atoms with Crippen LogP contribution in [-0.4, -0.2) is 11.6 Å². The summed E-state index contributed by atoms with van der Waals surface area (Å²) >= 11 is 0. The van der Waals surface area contributed by atoms with Crippen LogP contribution in [0, 0.1) is 29.1 Å². The quantitative estimate of drug-likeness (QED) is 0.556. The minimum absolute atomic E-state index is 0.160. The minimum atomic E-state index is -0.356. The summed E-state index contributed by atoms with van der Waals surface area (Å²) in [6, 6.07) is 0. The Balaban J connectivity index is 1.91. The molecule has 0 aromatic rings. The van der Waals surface area contributed by atoms with E-state index in [0.29, 0.717) is 17.3 Å². The molecular formula is C17H26O2. The Kier molecular flexibility index (Phi) is 2.69. The molecule has 0 spiro atoms. The van der Waals surface area contributed by atoms with Gasteiger partial charge in [-0.05, 0) is 62.7 Å². The SMILES string of the molecule is C=C1[C@H]2[C@H]3CC[C@@H]1[C@@]3(C)CC[C@@H]2C(C)(C)OC(C)=O. The largest absolute Gasteiger partial charge is 0.460 e. The molecule has 0 unspecified atom stereocenters. The number of rotatable bonds is 2.